The van der Waals surface area contributed by atoms with E-state index in [1.807, 2.05) is 25.1 Å². The quantitative estimate of drug-likeness (QED) is 0.345. The molecule has 1 aliphatic carbocycles. The van der Waals surface area contributed by atoms with Crippen molar-refractivity contribution in [2.75, 3.05) is 5.32 Å². The molecule has 6 heteroatoms. The lowest BCUT2D eigenvalue weighted by atomic mass is 9.67. The number of anilines is 1. The maximum atomic E-state index is 12.3. The highest BCUT2D eigenvalue weighted by atomic mass is 79.9. The number of nitrogens with two attached hydrogens (primary N) is 1. The summed E-state index contributed by atoms with van der Waals surface area (Å²) >= 11 is 3.39. The molecule has 0 saturated heterocycles. The van der Waals surface area contributed by atoms with Crippen molar-refractivity contribution in [3.63, 3.8) is 0 Å². The number of halogens is 1. The van der Waals surface area contributed by atoms with E-state index < -0.39 is 5.41 Å². The van der Waals surface area contributed by atoms with Gasteiger partial charge in [0.2, 0.25) is 5.91 Å². The molecular weight excluding hydrogens is 310 g/mol. The Kier molecular flexibility index (Phi) is 3.80. The van der Waals surface area contributed by atoms with Crippen LogP contribution >= 0.6 is 15.9 Å². The molecule has 1 fully saturated rings. The van der Waals surface area contributed by atoms with Gasteiger partial charge in [0.15, 0.2) is 5.84 Å². The van der Waals surface area contributed by atoms with Crippen LogP contribution in [0.4, 0.5) is 5.69 Å². The molecule has 0 atom stereocenters. The fourth-order valence-corrected chi connectivity index (χ4v) is 2.89. The molecule has 0 unspecified atom stereocenters. The first-order valence-electron chi connectivity index (χ1n) is 6.04. The average Bonchev–Trinajstić information content (AvgIpc) is 2.25. The smallest absolute Gasteiger partial charge is 0.238 e. The zero-order chi connectivity index (χ0) is 14.0. The fraction of sp³-hybridized carbons (Fsp3) is 0.385. The summed E-state index contributed by atoms with van der Waals surface area (Å²) in [6.07, 6.45) is 2.13. The maximum Gasteiger partial charge on any atom is 0.238 e. The monoisotopic (exact) mass is 325 g/mol. The number of benzene rings is 1. The van der Waals surface area contributed by atoms with Crippen LogP contribution in [-0.2, 0) is 4.79 Å². The van der Waals surface area contributed by atoms with Gasteiger partial charge in [-0.15, -0.1) is 0 Å². The van der Waals surface area contributed by atoms with Gasteiger partial charge in [-0.1, -0.05) is 27.5 Å². The highest BCUT2D eigenvalue weighted by Gasteiger charge is 2.48. The van der Waals surface area contributed by atoms with E-state index in [0.717, 1.165) is 16.5 Å². The second-order valence-corrected chi connectivity index (χ2v) is 5.81. The molecule has 19 heavy (non-hydrogen) atoms. The second-order valence-electron chi connectivity index (χ2n) is 4.89. The number of amidine groups is 1. The van der Waals surface area contributed by atoms with E-state index in [1.54, 1.807) is 0 Å². The van der Waals surface area contributed by atoms with Crippen molar-refractivity contribution < 1.29 is 10.0 Å². The van der Waals surface area contributed by atoms with E-state index in [4.69, 9.17) is 10.9 Å². The Bertz CT molecular complexity index is 518. The molecule has 1 aromatic carbocycles. The molecule has 0 spiro atoms. The van der Waals surface area contributed by atoms with Gasteiger partial charge in [-0.3, -0.25) is 4.79 Å². The number of amides is 1. The number of hydrogen-bond donors (Lipinski definition) is 3. The van der Waals surface area contributed by atoms with Crippen LogP contribution in [0.25, 0.3) is 0 Å². The lowest BCUT2D eigenvalue weighted by Gasteiger charge is -2.38. The minimum atomic E-state index is -0.856. The topological polar surface area (TPSA) is 87.7 Å². The summed E-state index contributed by atoms with van der Waals surface area (Å²) in [7, 11) is 0. The molecule has 1 aromatic rings. The zero-order valence-electron chi connectivity index (χ0n) is 10.6. The van der Waals surface area contributed by atoms with Crippen LogP contribution in [0.2, 0.25) is 0 Å². The van der Waals surface area contributed by atoms with Gasteiger partial charge in [0.1, 0.15) is 5.41 Å². The van der Waals surface area contributed by atoms with Crippen molar-refractivity contribution in [1.29, 1.82) is 0 Å². The highest BCUT2D eigenvalue weighted by Crippen LogP contribution is 2.42. The Hall–Kier alpha value is -1.56. The van der Waals surface area contributed by atoms with Crippen LogP contribution in [0.15, 0.2) is 27.8 Å². The molecule has 102 valence electrons. The predicted octanol–water partition coefficient (Wildman–Crippen LogP) is 2.61. The summed E-state index contributed by atoms with van der Waals surface area (Å²) in [5, 5.41) is 14.7. The molecule has 0 radical (unpaired) electrons. The SMILES string of the molecule is Cc1cc(Br)cc(NC(=O)C2(/C(N)=N/O)CCC2)c1. The van der Waals surface area contributed by atoms with Crippen molar-refractivity contribution in [2.45, 2.75) is 26.2 Å². The van der Waals surface area contributed by atoms with Gasteiger partial charge in [0.25, 0.3) is 0 Å². The number of carbonyl (C=O) groups is 1. The summed E-state index contributed by atoms with van der Waals surface area (Å²) in [5.74, 6) is -0.227. The van der Waals surface area contributed by atoms with Crippen LogP contribution in [0.5, 0.6) is 0 Å². The summed E-state index contributed by atoms with van der Waals surface area (Å²) in [6.45, 7) is 1.95. The largest absolute Gasteiger partial charge is 0.409 e. The van der Waals surface area contributed by atoms with E-state index in [9.17, 15) is 4.79 Å². The zero-order valence-corrected chi connectivity index (χ0v) is 12.2. The molecule has 2 rings (SSSR count). The maximum absolute atomic E-state index is 12.3. The molecule has 0 bridgehead atoms. The number of carbonyl (C=O) groups excluding carboxylic acids is 1. The van der Waals surface area contributed by atoms with Gasteiger partial charge in [-0.2, -0.15) is 0 Å². The third-order valence-corrected chi connectivity index (χ3v) is 4.00. The number of aryl methyl sites for hydroxylation is 1. The third kappa shape index (κ3) is 2.58. The first-order valence-corrected chi connectivity index (χ1v) is 6.84. The van der Waals surface area contributed by atoms with Crippen molar-refractivity contribution in [3.8, 4) is 0 Å². The Labute approximate surface area is 120 Å². The number of oxime groups is 1. The summed E-state index contributed by atoms with van der Waals surface area (Å²) < 4.78 is 0.897. The van der Waals surface area contributed by atoms with E-state index in [1.165, 1.54) is 0 Å². The molecule has 0 heterocycles. The Morgan fingerprint density at radius 2 is 2.16 bits per heavy atom. The van der Waals surface area contributed by atoms with E-state index >= 15 is 0 Å². The van der Waals surface area contributed by atoms with Crippen LogP contribution in [-0.4, -0.2) is 17.0 Å². The number of nitrogens with zero attached hydrogens (tertiary/aromatic N) is 1. The lowest BCUT2D eigenvalue weighted by molar-refractivity contribution is -0.125. The van der Waals surface area contributed by atoms with E-state index in [-0.39, 0.29) is 11.7 Å². The molecule has 1 aliphatic rings. The Balaban J connectivity index is 2.21. The summed E-state index contributed by atoms with van der Waals surface area (Å²) in [6, 6.07) is 5.66. The van der Waals surface area contributed by atoms with Crippen LogP contribution in [0.3, 0.4) is 0 Å². The van der Waals surface area contributed by atoms with Gasteiger partial charge >= 0.3 is 0 Å². The summed E-state index contributed by atoms with van der Waals surface area (Å²) in [5.41, 5.74) is 6.54. The van der Waals surface area contributed by atoms with Gasteiger partial charge < -0.3 is 16.3 Å². The van der Waals surface area contributed by atoms with Crippen molar-refractivity contribution in [2.24, 2.45) is 16.3 Å². The first kappa shape index (κ1) is 13.9. The minimum absolute atomic E-state index is 0.0111. The molecule has 0 aliphatic heterocycles. The van der Waals surface area contributed by atoms with Gasteiger partial charge in [-0.05, 0) is 43.5 Å². The summed E-state index contributed by atoms with van der Waals surface area (Å²) in [4.78, 5) is 12.3. The second kappa shape index (κ2) is 5.21. The molecule has 0 aromatic heterocycles. The van der Waals surface area contributed by atoms with Crippen LogP contribution in [0.1, 0.15) is 24.8 Å². The lowest BCUT2D eigenvalue weighted by Crippen LogP contribution is -2.51. The predicted molar refractivity (Wildman–Crippen MR) is 77.2 cm³/mol. The average molecular weight is 326 g/mol. The van der Waals surface area contributed by atoms with E-state index in [2.05, 4.69) is 26.4 Å². The first-order chi connectivity index (χ1) is 8.98. The van der Waals surface area contributed by atoms with Crippen molar-refractivity contribution in [3.05, 3.63) is 28.2 Å². The van der Waals surface area contributed by atoms with Crippen molar-refractivity contribution in [1.82, 2.24) is 0 Å². The normalized spacial score (nSPS) is 17.7. The number of rotatable bonds is 3. The van der Waals surface area contributed by atoms with Crippen LogP contribution in [0, 0.1) is 12.3 Å². The van der Waals surface area contributed by atoms with Gasteiger partial charge in [-0.25, -0.2) is 0 Å². The molecule has 1 amide bonds. The van der Waals surface area contributed by atoms with E-state index in [0.29, 0.717) is 18.5 Å². The fourth-order valence-electron chi connectivity index (χ4n) is 2.28. The minimum Gasteiger partial charge on any atom is -0.409 e. The Morgan fingerprint density at radius 3 is 2.63 bits per heavy atom. The standard InChI is InChI=1S/C13H16BrN3O2/c1-8-5-9(14)7-10(6-8)16-12(18)13(3-2-4-13)11(15)17-19/h5-7,19H,2-4H2,1H3,(H2,15,17)(H,16,18). The number of nitrogens with one attached hydrogen (secondary N) is 1. The molecule has 4 N–H and O–H groups in total. The Morgan fingerprint density at radius 1 is 1.47 bits per heavy atom. The molecule has 1 saturated carbocycles. The highest BCUT2D eigenvalue weighted by molar-refractivity contribution is 9.10. The van der Waals surface area contributed by atoms with Crippen molar-refractivity contribution >= 4 is 33.4 Å². The number of hydrogen-bond acceptors (Lipinski definition) is 3. The molecular formula is C13H16BrN3O2. The van der Waals surface area contributed by atoms with Gasteiger partial charge in [0, 0.05) is 10.2 Å². The molecule has 5 nitrogen and oxygen atoms in total. The van der Waals surface area contributed by atoms with Gasteiger partial charge in [0.05, 0.1) is 0 Å². The third-order valence-electron chi connectivity index (χ3n) is 3.54. The van der Waals surface area contributed by atoms with Crippen LogP contribution < -0.4 is 11.1 Å².